The number of rotatable bonds is 6. The summed E-state index contributed by atoms with van der Waals surface area (Å²) >= 11 is 1.71. The van der Waals surface area contributed by atoms with E-state index in [1.165, 1.54) is 16.0 Å². The fourth-order valence-electron chi connectivity index (χ4n) is 2.78. The van der Waals surface area contributed by atoms with E-state index in [9.17, 15) is 4.79 Å². The zero-order valence-corrected chi connectivity index (χ0v) is 16.3. The second kappa shape index (κ2) is 8.37. The van der Waals surface area contributed by atoms with Crippen molar-refractivity contribution in [2.24, 2.45) is 0 Å². The first-order valence-electron chi connectivity index (χ1n) is 9.06. The summed E-state index contributed by atoms with van der Waals surface area (Å²) in [5.41, 5.74) is 4.02. The fourth-order valence-corrected chi connectivity index (χ4v) is 3.60. The minimum Gasteiger partial charge on any atom is -0.289 e. The van der Waals surface area contributed by atoms with Crippen molar-refractivity contribution in [2.45, 2.75) is 42.9 Å². The Labute approximate surface area is 160 Å². The first-order valence-corrected chi connectivity index (χ1v) is 9.87. The van der Waals surface area contributed by atoms with Crippen LogP contribution in [0.1, 0.15) is 53.2 Å². The number of hydrogen-bond acceptors (Lipinski definition) is 2. The largest absolute Gasteiger partial charge is 0.289 e. The van der Waals surface area contributed by atoms with E-state index in [-0.39, 0.29) is 5.78 Å². The van der Waals surface area contributed by atoms with Gasteiger partial charge in [0.2, 0.25) is 0 Å². The molecule has 0 aliphatic heterocycles. The van der Waals surface area contributed by atoms with Crippen LogP contribution in [-0.4, -0.2) is 5.78 Å². The molecule has 0 saturated heterocycles. The Morgan fingerprint density at radius 3 is 1.77 bits per heavy atom. The van der Waals surface area contributed by atoms with Gasteiger partial charge in [-0.1, -0.05) is 67.6 Å². The number of aryl methyl sites for hydroxylation is 1. The molecule has 1 atom stereocenters. The normalized spacial score (nSPS) is 12.0. The Hall–Kier alpha value is -2.32. The molecule has 0 bridgehead atoms. The molecule has 0 spiro atoms. The molecule has 0 saturated carbocycles. The van der Waals surface area contributed by atoms with Crippen LogP contribution in [0.2, 0.25) is 0 Å². The zero-order chi connectivity index (χ0) is 18.5. The van der Waals surface area contributed by atoms with Crippen LogP contribution in [0.5, 0.6) is 0 Å². The predicted octanol–water partition coefficient (Wildman–Crippen LogP) is 6.89. The lowest BCUT2D eigenvalue weighted by molar-refractivity contribution is 0.103. The van der Waals surface area contributed by atoms with Crippen molar-refractivity contribution >= 4 is 17.5 Å². The van der Waals surface area contributed by atoms with Crippen molar-refractivity contribution in [2.75, 3.05) is 0 Å². The lowest BCUT2D eigenvalue weighted by Gasteiger charge is -2.09. The molecule has 2 heteroatoms. The van der Waals surface area contributed by atoms with Crippen molar-refractivity contribution in [1.29, 1.82) is 0 Å². The highest BCUT2D eigenvalue weighted by atomic mass is 32.2. The molecule has 0 heterocycles. The van der Waals surface area contributed by atoms with E-state index in [0.29, 0.717) is 5.92 Å². The van der Waals surface area contributed by atoms with Crippen LogP contribution in [0.25, 0.3) is 0 Å². The number of carbonyl (C=O) groups is 1. The molecule has 1 nitrogen and oxygen atoms in total. The van der Waals surface area contributed by atoms with Gasteiger partial charge in [0.15, 0.2) is 5.78 Å². The molecular formula is C24H24OS. The van der Waals surface area contributed by atoms with Gasteiger partial charge in [-0.25, -0.2) is 0 Å². The van der Waals surface area contributed by atoms with Gasteiger partial charge < -0.3 is 0 Å². The second-order valence-electron chi connectivity index (χ2n) is 6.70. The third-order valence-corrected chi connectivity index (χ3v) is 5.74. The minimum atomic E-state index is 0.0765. The minimum absolute atomic E-state index is 0.0765. The topological polar surface area (TPSA) is 17.1 Å². The molecular weight excluding hydrogens is 336 g/mol. The lowest BCUT2D eigenvalue weighted by atomic mass is 9.95. The van der Waals surface area contributed by atoms with Crippen LogP contribution in [0, 0.1) is 6.92 Å². The molecule has 0 N–H and O–H groups in total. The van der Waals surface area contributed by atoms with Crippen molar-refractivity contribution in [3.05, 3.63) is 95.1 Å². The summed E-state index contributed by atoms with van der Waals surface area (Å²) in [4.78, 5) is 15.0. The molecule has 0 amide bonds. The summed E-state index contributed by atoms with van der Waals surface area (Å²) in [5.74, 6) is 0.602. The van der Waals surface area contributed by atoms with Gasteiger partial charge >= 0.3 is 0 Å². The molecule has 132 valence electrons. The molecule has 1 unspecified atom stereocenters. The Morgan fingerprint density at radius 2 is 1.27 bits per heavy atom. The van der Waals surface area contributed by atoms with Gasteiger partial charge in [-0.05, 0) is 61.2 Å². The predicted molar refractivity (Wildman–Crippen MR) is 110 cm³/mol. The van der Waals surface area contributed by atoms with E-state index in [1.54, 1.807) is 11.8 Å². The number of hydrogen-bond donors (Lipinski definition) is 0. The summed E-state index contributed by atoms with van der Waals surface area (Å²) in [6, 6.07) is 24.4. The highest BCUT2D eigenvalue weighted by Gasteiger charge is 2.10. The lowest BCUT2D eigenvalue weighted by Crippen LogP contribution is -2.01. The van der Waals surface area contributed by atoms with Crippen LogP contribution < -0.4 is 0 Å². The molecule has 0 aliphatic rings. The third-order valence-electron chi connectivity index (χ3n) is 4.73. The summed E-state index contributed by atoms with van der Waals surface area (Å²) < 4.78 is 0. The van der Waals surface area contributed by atoms with Crippen LogP contribution in [0.15, 0.2) is 82.6 Å². The summed E-state index contributed by atoms with van der Waals surface area (Å²) in [6.07, 6.45) is 1.10. The maximum absolute atomic E-state index is 12.7. The standard InChI is InChI=1S/C24H24OS/c1-4-18(3)19-7-9-20(10-8-19)24(25)21-11-15-23(16-12-21)26-22-13-5-17(2)6-14-22/h5-16,18H,4H2,1-3H3. The average Bonchev–Trinajstić information content (AvgIpc) is 2.69. The van der Waals surface area contributed by atoms with E-state index in [2.05, 4.69) is 57.2 Å². The molecule has 0 aromatic heterocycles. The molecule has 0 fully saturated rings. The average molecular weight is 361 g/mol. The van der Waals surface area contributed by atoms with Crippen molar-refractivity contribution < 1.29 is 4.79 Å². The molecule has 3 rings (SSSR count). The quantitative estimate of drug-likeness (QED) is 0.445. The summed E-state index contributed by atoms with van der Waals surface area (Å²) in [7, 11) is 0. The van der Waals surface area contributed by atoms with E-state index in [0.717, 1.165) is 22.4 Å². The summed E-state index contributed by atoms with van der Waals surface area (Å²) in [6.45, 7) is 6.48. The van der Waals surface area contributed by atoms with Gasteiger partial charge in [0.05, 0.1) is 0 Å². The first-order chi connectivity index (χ1) is 12.6. The zero-order valence-electron chi connectivity index (χ0n) is 15.5. The third kappa shape index (κ3) is 4.44. The maximum Gasteiger partial charge on any atom is 0.193 e. The van der Waals surface area contributed by atoms with Crippen LogP contribution in [0.4, 0.5) is 0 Å². The van der Waals surface area contributed by atoms with Crippen LogP contribution >= 0.6 is 11.8 Å². The number of benzene rings is 3. The van der Waals surface area contributed by atoms with E-state index in [4.69, 9.17) is 0 Å². The monoisotopic (exact) mass is 360 g/mol. The Balaban J connectivity index is 1.71. The highest BCUT2D eigenvalue weighted by Crippen LogP contribution is 2.28. The molecule has 3 aromatic carbocycles. The van der Waals surface area contributed by atoms with E-state index < -0.39 is 0 Å². The highest BCUT2D eigenvalue weighted by molar-refractivity contribution is 7.99. The molecule has 3 aromatic rings. The van der Waals surface area contributed by atoms with Gasteiger partial charge in [-0.15, -0.1) is 0 Å². The van der Waals surface area contributed by atoms with E-state index >= 15 is 0 Å². The Kier molecular flexibility index (Phi) is 5.95. The van der Waals surface area contributed by atoms with Gasteiger partial charge in [0.25, 0.3) is 0 Å². The summed E-state index contributed by atoms with van der Waals surface area (Å²) in [5, 5.41) is 0. The maximum atomic E-state index is 12.7. The van der Waals surface area contributed by atoms with Gasteiger partial charge in [-0.3, -0.25) is 4.79 Å². The van der Waals surface area contributed by atoms with Crippen LogP contribution in [-0.2, 0) is 0 Å². The second-order valence-corrected chi connectivity index (χ2v) is 7.85. The Morgan fingerprint density at radius 1 is 0.808 bits per heavy atom. The molecule has 26 heavy (non-hydrogen) atoms. The van der Waals surface area contributed by atoms with Crippen LogP contribution in [0.3, 0.4) is 0 Å². The molecule has 0 radical (unpaired) electrons. The van der Waals surface area contributed by atoms with Gasteiger partial charge in [-0.2, -0.15) is 0 Å². The van der Waals surface area contributed by atoms with Crippen molar-refractivity contribution in [3.8, 4) is 0 Å². The van der Waals surface area contributed by atoms with Gasteiger partial charge in [0.1, 0.15) is 0 Å². The van der Waals surface area contributed by atoms with Crippen molar-refractivity contribution in [1.82, 2.24) is 0 Å². The number of carbonyl (C=O) groups excluding carboxylic acids is 1. The van der Waals surface area contributed by atoms with E-state index in [1.807, 2.05) is 36.4 Å². The Bertz CT molecular complexity index is 862. The fraction of sp³-hybridized carbons (Fsp3) is 0.208. The first kappa shape index (κ1) is 18.5. The molecule has 0 aliphatic carbocycles. The number of ketones is 1. The SMILES string of the molecule is CCC(C)c1ccc(C(=O)c2ccc(Sc3ccc(C)cc3)cc2)cc1. The smallest absolute Gasteiger partial charge is 0.193 e. The van der Waals surface area contributed by atoms with Gasteiger partial charge in [0, 0.05) is 20.9 Å². The van der Waals surface area contributed by atoms with Crippen molar-refractivity contribution in [3.63, 3.8) is 0 Å².